The third-order valence-corrected chi connectivity index (χ3v) is 2.74. The van der Waals surface area contributed by atoms with E-state index >= 15 is 0 Å². The quantitative estimate of drug-likeness (QED) is 0.590. The second kappa shape index (κ2) is 2.89. The van der Waals surface area contributed by atoms with Crippen molar-refractivity contribution in [2.75, 3.05) is 19.7 Å². The van der Waals surface area contributed by atoms with Gasteiger partial charge >= 0.3 is 0 Å². The second-order valence-corrected chi connectivity index (χ2v) is 3.08. The lowest BCUT2D eigenvalue weighted by Crippen LogP contribution is -2.18. The Morgan fingerprint density at radius 2 is 2.00 bits per heavy atom. The summed E-state index contributed by atoms with van der Waals surface area (Å²) in [6.07, 6.45) is 2.45. The highest BCUT2D eigenvalue weighted by atomic mass is 16.3. The fourth-order valence-corrected chi connectivity index (χ4v) is 1.68. The third kappa shape index (κ3) is 1.18. The molecule has 60 valence electrons. The van der Waals surface area contributed by atoms with Crippen LogP contribution >= 0.6 is 0 Å². The molecule has 0 aromatic rings. The van der Waals surface area contributed by atoms with Gasteiger partial charge in [-0.3, -0.25) is 4.90 Å². The van der Waals surface area contributed by atoms with Crippen LogP contribution in [-0.2, 0) is 0 Å². The Bertz CT molecular complexity index is 110. The van der Waals surface area contributed by atoms with Gasteiger partial charge in [0.1, 0.15) is 0 Å². The van der Waals surface area contributed by atoms with Crippen molar-refractivity contribution in [2.45, 2.75) is 32.2 Å². The van der Waals surface area contributed by atoms with E-state index < -0.39 is 0 Å². The van der Waals surface area contributed by atoms with E-state index in [1.54, 1.807) is 0 Å². The Hall–Kier alpha value is -0.0800. The molecule has 1 fully saturated rings. The van der Waals surface area contributed by atoms with Gasteiger partial charge < -0.3 is 5.11 Å². The molecule has 1 saturated heterocycles. The number of aliphatic hydroxyl groups excluding tert-OH is 1. The van der Waals surface area contributed by atoms with Gasteiger partial charge in [-0.25, -0.2) is 0 Å². The van der Waals surface area contributed by atoms with Gasteiger partial charge in [0.15, 0.2) is 0 Å². The lowest BCUT2D eigenvalue weighted by atomic mass is 10.0. The first-order valence-electron chi connectivity index (χ1n) is 4.15. The van der Waals surface area contributed by atoms with E-state index in [1.807, 2.05) is 0 Å². The highest BCUT2D eigenvalue weighted by Crippen LogP contribution is 2.37. The number of nitrogens with zero attached hydrogens (tertiary/aromatic N) is 1. The Labute approximate surface area is 62.8 Å². The largest absolute Gasteiger partial charge is 0.395 e. The minimum Gasteiger partial charge on any atom is -0.395 e. The summed E-state index contributed by atoms with van der Waals surface area (Å²) in [4.78, 5) is 2.35. The summed E-state index contributed by atoms with van der Waals surface area (Å²) in [6.45, 7) is 6.81. The van der Waals surface area contributed by atoms with E-state index in [0.717, 1.165) is 6.54 Å². The molecule has 1 heterocycles. The average molecular weight is 143 g/mol. The molecule has 1 aliphatic rings. The average Bonchev–Trinajstić information content (AvgIpc) is 2.65. The molecule has 2 heteroatoms. The molecule has 0 aromatic carbocycles. The van der Waals surface area contributed by atoms with Crippen LogP contribution in [0.25, 0.3) is 0 Å². The molecule has 0 aromatic heterocycles. The van der Waals surface area contributed by atoms with Crippen molar-refractivity contribution < 1.29 is 5.11 Å². The van der Waals surface area contributed by atoms with Crippen LogP contribution in [0, 0.1) is 0 Å². The monoisotopic (exact) mass is 143 g/mol. The molecule has 1 rings (SSSR count). The summed E-state index contributed by atoms with van der Waals surface area (Å²) in [7, 11) is 0. The highest BCUT2D eigenvalue weighted by Gasteiger charge is 2.47. The number of hydrogen-bond acceptors (Lipinski definition) is 2. The van der Waals surface area contributed by atoms with Crippen LogP contribution < -0.4 is 0 Å². The second-order valence-electron chi connectivity index (χ2n) is 3.08. The lowest BCUT2D eigenvalue weighted by Gasteiger charge is -2.11. The zero-order valence-electron chi connectivity index (χ0n) is 6.93. The Morgan fingerprint density at radius 1 is 1.40 bits per heavy atom. The zero-order valence-corrected chi connectivity index (χ0v) is 6.93. The van der Waals surface area contributed by atoms with Gasteiger partial charge in [-0.15, -0.1) is 0 Å². The number of β-amino-alcohol motifs (C(OH)–C–C–N with tert-alkyl or cyclic N) is 1. The van der Waals surface area contributed by atoms with Crippen LogP contribution in [-0.4, -0.2) is 35.2 Å². The standard InChI is InChI=1S/C8H17NO/c1-3-8(4-2)7-9(8)5-6-10/h10H,3-7H2,1-2H3. The van der Waals surface area contributed by atoms with Crippen molar-refractivity contribution in [3.8, 4) is 0 Å². The van der Waals surface area contributed by atoms with E-state index in [4.69, 9.17) is 5.11 Å². The van der Waals surface area contributed by atoms with E-state index in [9.17, 15) is 0 Å². The normalized spacial score (nSPS) is 28.5. The summed E-state index contributed by atoms with van der Waals surface area (Å²) in [5.41, 5.74) is 0.475. The summed E-state index contributed by atoms with van der Waals surface area (Å²) in [5, 5.41) is 8.66. The summed E-state index contributed by atoms with van der Waals surface area (Å²) in [6, 6.07) is 0. The molecule has 0 aliphatic carbocycles. The topological polar surface area (TPSA) is 23.2 Å². The molecule has 0 spiro atoms. The van der Waals surface area contributed by atoms with Crippen molar-refractivity contribution in [1.82, 2.24) is 4.90 Å². The van der Waals surface area contributed by atoms with Crippen molar-refractivity contribution in [3.05, 3.63) is 0 Å². The van der Waals surface area contributed by atoms with Crippen LogP contribution in [0.15, 0.2) is 0 Å². The first-order valence-corrected chi connectivity index (χ1v) is 4.15. The highest BCUT2D eigenvalue weighted by molar-refractivity contribution is 5.04. The number of aliphatic hydroxyl groups is 1. The smallest absolute Gasteiger partial charge is 0.0558 e. The molecule has 1 atom stereocenters. The molecule has 2 nitrogen and oxygen atoms in total. The van der Waals surface area contributed by atoms with Gasteiger partial charge in [0.05, 0.1) is 6.61 Å². The molecular weight excluding hydrogens is 126 g/mol. The van der Waals surface area contributed by atoms with Crippen molar-refractivity contribution in [3.63, 3.8) is 0 Å². The summed E-state index contributed by atoms with van der Waals surface area (Å²) >= 11 is 0. The molecule has 0 saturated carbocycles. The maximum Gasteiger partial charge on any atom is 0.0558 e. The number of hydrogen-bond donors (Lipinski definition) is 1. The van der Waals surface area contributed by atoms with Gasteiger partial charge in [-0.1, -0.05) is 13.8 Å². The van der Waals surface area contributed by atoms with Gasteiger partial charge in [-0.05, 0) is 12.8 Å². The Balaban J connectivity index is 2.30. The molecule has 0 bridgehead atoms. The van der Waals surface area contributed by atoms with Crippen LogP contribution in [0.5, 0.6) is 0 Å². The Kier molecular flexibility index (Phi) is 2.32. The molecule has 1 aliphatic heterocycles. The van der Waals surface area contributed by atoms with Crippen LogP contribution in [0.4, 0.5) is 0 Å². The van der Waals surface area contributed by atoms with Crippen LogP contribution in [0.2, 0.25) is 0 Å². The fourth-order valence-electron chi connectivity index (χ4n) is 1.68. The minimum atomic E-state index is 0.307. The predicted octanol–water partition coefficient (Wildman–Crippen LogP) is 0.853. The van der Waals surface area contributed by atoms with Gasteiger partial charge in [-0.2, -0.15) is 0 Å². The first-order chi connectivity index (χ1) is 4.79. The van der Waals surface area contributed by atoms with E-state index in [2.05, 4.69) is 18.7 Å². The summed E-state index contributed by atoms with van der Waals surface area (Å²) < 4.78 is 0. The number of rotatable bonds is 4. The molecule has 0 amide bonds. The molecule has 1 N–H and O–H groups in total. The van der Waals surface area contributed by atoms with Gasteiger partial charge in [0.2, 0.25) is 0 Å². The zero-order chi connectivity index (χ0) is 7.61. The lowest BCUT2D eigenvalue weighted by molar-refractivity contribution is 0.247. The van der Waals surface area contributed by atoms with E-state index in [1.165, 1.54) is 19.4 Å². The van der Waals surface area contributed by atoms with E-state index in [-0.39, 0.29) is 0 Å². The molecule has 1 unspecified atom stereocenters. The SMILES string of the molecule is CCC1(CC)CN1CCO. The Morgan fingerprint density at radius 3 is 2.30 bits per heavy atom. The van der Waals surface area contributed by atoms with Gasteiger partial charge in [0.25, 0.3) is 0 Å². The van der Waals surface area contributed by atoms with E-state index in [0.29, 0.717) is 12.1 Å². The maximum absolute atomic E-state index is 8.66. The van der Waals surface area contributed by atoms with Crippen molar-refractivity contribution in [2.24, 2.45) is 0 Å². The van der Waals surface area contributed by atoms with Crippen LogP contribution in [0.1, 0.15) is 26.7 Å². The third-order valence-electron chi connectivity index (χ3n) is 2.74. The predicted molar refractivity (Wildman–Crippen MR) is 42.0 cm³/mol. The molecular formula is C8H17NO. The fraction of sp³-hybridized carbons (Fsp3) is 1.00. The van der Waals surface area contributed by atoms with Crippen molar-refractivity contribution in [1.29, 1.82) is 0 Å². The maximum atomic E-state index is 8.66. The van der Waals surface area contributed by atoms with Crippen LogP contribution in [0.3, 0.4) is 0 Å². The molecule has 10 heavy (non-hydrogen) atoms. The summed E-state index contributed by atoms with van der Waals surface area (Å²) in [5.74, 6) is 0. The first kappa shape index (κ1) is 8.02. The molecule has 0 radical (unpaired) electrons. The van der Waals surface area contributed by atoms with Gasteiger partial charge in [0, 0.05) is 18.6 Å². The minimum absolute atomic E-state index is 0.307. The van der Waals surface area contributed by atoms with Crippen molar-refractivity contribution >= 4 is 0 Å².